The first-order valence-electron chi connectivity index (χ1n) is 11.7. The largest absolute Gasteiger partial charge is 0.368 e. The van der Waals surface area contributed by atoms with Crippen LogP contribution >= 0.6 is 11.6 Å². The molecule has 1 heterocycles. The topological polar surface area (TPSA) is 44.8 Å². The number of nitrogens with zero attached hydrogens (tertiary/aromatic N) is 2. The minimum Gasteiger partial charge on any atom is -0.368 e. The summed E-state index contributed by atoms with van der Waals surface area (Å²) in [7, 11) is 0. The number of carbonyl (C=O) groups excluding carboxylic acids is 1. The molecule has 1 atom stereocenters. The van der Waals surface area contributed by atoms with Crippen LogP contribution in [0.2, 0.25) is 5.02 Å². The lowest BCUT2D eigenvalue weighted by Gasteiger charge is -2.36. The summed E-state index contributed by atoms with van der Waals surface area (Å²) in [5.74, 6) is 0. The van der Waals surface area contributed by atoms with Crippen molar-refractivity contribution < 1.29 is 9.53 Å². The Kier molecular flexibility index (Phi) is 8.22. The van der Waals surface area contributed by atoms with Crippen LogP contribution in [0.4, 0.5) is 10.5 Å². The average Bonchev–Trinajstić information content (AvgIpc) is 2.84. The van der Waals surface area contributed by atoms with Crippen LogP contribution in [0.3, 0.4) is 0 Å². The lowest BCUT2D eigenvalue weighted by Crippen LogP contribution is -2.50. The normalized spacial score (nSPS) is 15.2. The van der Waals surface area contributed by atoms with Gasteiger partial charge in [0.25, 0.3) is 0 Å². The van der Waals surface area contributed by atoms with Gasteiger partial charge in [0, 0.05) is 43.4 Å². The van der Waals surface area contributed by atoms with Crippen LogP contribution in [0.1, 0.15) is 28.4 Å². The maximum atomic E-state index is 12.7. The molecule has 0 aromatic heterocycles. The van der Waals surface area contributed by atoms with Gasteiger partial charge in [0.15, 0.2) is 0 Å². The lowest BCUT2D eigenvalue weighted by molar-refractivity contribution is 0.00592. The number of nitrogens with one attached hydrogen (secondary N) is 1. The first-order chi connectivity index (χ1) is 16.5. The van der Waals surface area contributed by atoms with Crippen molar-refractivity contribution in [3.63, 3.8) is 0 Å². The second kappa shape index (κ2) is 11.5. The Morgan fingerprint density at radius 3 is 2.32 bits per heavy atom. The van der Waals surface area contributed by atoms with Gasteiger partial charge in [0.2, 0.25) is 0 Å². The van der Waals surface area contributed by atoms with Gasteiger partial charge in [0.05, 0.1) is 12.7 Å². The number of urea groups is 1. The Morgan fingerprint density at radius 1 is 0.941 bits per heavy atom. The molecule has 1 aliphatic heterocycles. The van der Waals surface area contributed by atoms with Crippen LogP contribution in [0.25, 0.3) is 0 Å². The van der Waals surface area contributed by atoms with Crippen LogP contribution in [0.15, 0.2) is 72.8 Å². The molecule has 1 N–H and O–H groups in total. The quantitative estimate of drug-likeness (QED) is 0.449. The third kappa shape index (κ3) is 6.83. The van der Waals surface area contributed by atoms with E-state index in [0.717, 1.165) is 41.5 Å². The van der Waals surface area contributed by atoms with E-state index in [1.165, 1.54) is 11.1 Å². The molecule has 3 aromatic rings. The summed E-state index contributed by atoms with van der Waals surface area (Å²) in [6.07, 6.45) is -0.0780. The van der Waals surface area contributed by atoms with E-state index in [2.05, 4.69) is 41.4 Å². The molecule has 0 radical (unpaired) electrons. The summed E-state index contributed by atoms with van der Waals surface area (Å²) in [5.41, 5.74) is 5.49. The summed E-state index contributed by atoms with van der Waals surface area (Å²) < 4.78 is 6.40. The highest BCUT2D eigenvalue weighted by Gasteiger charge is 2.24. The number of hydrogen-bond donors (Lipinski definition) is 1. The van der Waals surface area contributed by atoms with Crippen LogP contribution < -0.4 is 5.32 Å². The molecule has 1 fully saturated rings. The molecule has 0 spiro atoms. The maximum Gasteiger partial charge on any atom is 0.321 e. The molecule has 1 saturated heterocycles. The van der Waals surface area contributed by atoms with Crippen LogP contribution in [-0.4, -0.2) is 48.6 Å². The van der Waals surface area contributed by atoms with Crippen LogP contribution in [-0.2, 0) is 11.3 Å². The van der Waals surface area contributed by atoms with Crippen LogP contribution in [0, 0.1) is 13.8 Å². The average molecular weight is 478 g/mol. The summed E-state index contributed by atoms with van der Waals surface area (Å²) in [5, 5.41) is 3.72. The van der Waals surface area contributed by atoms with Gasteiger partial charge in [-0.05, 0) is 49.2 Å². The molecule has 0 aliphatic carbocycles. The Labute approximate surface area is 207 Å². The first-order valence-corrected chi connectivity index (χ1v) is 12.1. The fraction of sp³-hybridized carbons (Fsp3) is 0.321. The highest BCUT2D eigenvalue weighted by atomic mass is 35.5. The molecule has 178 valence electrons. The van der Waals surface area contributed by atoms with Crippen molar-refractivity contribution in [3.8, 4) is 0 Å². The van der Waals surface area contributed by atoms with Gasteiger partial charge in [-0.25, -0.2) is 4.79 Å². The molecule has 0 unspecified atom stereocenters. The SMILES string of the molecule is Cc1ccc(NC(=O)N2CCN(C[C@H](OCc3cccc(C)c3)c3ccc(Cl)cc3)CC2)cc1. The van der Waals surface area contributed by atoms with Gasteiger partial charge in [-0.2, -0.15) is 0 Å². The van der Waals surface area contributed by atoms with E-state index in [1.54, 1.807) is 0 Å². The Morgan fingerprint density at radius 2 is 1.65 bits per heavy atom. The highest BCUT2D eigenvalue weighted by molar-refractivity contribution is 6.30. The number of piperazine rings is 1. The van der Waals surface area contributed by atoms with Crippen molar-refractivity contribution in [2.45, 2.75) is 26.6 Å². The monoisotopic (exact) mass is 477 g/mol. The zero-order valence-corrected chi connectivity index (χ0v) is 20.6. The van der Waals surface area contributed by atoms with E-state index in [0.29, 0.717) is 19.7 Å². The van der Waals surface area contributed by atoms with Gasteiger partial charge in [0.1, 0.15) is 0 Å². The molecule has 2 amide bonds. The van der Waals surface area contributed by atoms with Gasteiger partial charge in [-0.15, -0.1) is 0 Å². The summed E-state index contributed by atoms with van der Waals surface area (Å²) in [4.78, 5) is 16.9. The molecule has 0 bridgehead atoms. The number of halogens is 1. The molecule has 5 nitrogen and oxygen atoms in total. The summed E-state index contributed by atoms with van der Waals surface area (Å²) in [6.45, 7) is 8.42. The maximum absolute atomic E-state index is 12.7. The fourth-order valence-electron chi connectivity index (χ4n) is 4.14. The van der Waals surface area contributed by atoms with E-state index < -0.39 is 0 Å². The Bertz CT molecular complexity index is 1080. The minimum absolute atomic E-state index is 0.0477. The van der Waals surface area contributed by atoms with Gasteiger partial charge < -0.3 is 15.0 Å². The predicted octanol–water partition coefficient (Wildman–Crippen LogP) is 6.06. The van der Waals surface area contributed by atoms with E-state index >= 15 is 0 Å². The van der Waals surface area contributed by atoms with Crippen molar-refractivity contribution in [2.75, 3.05) is 38.0 Å². The number of benzene rings is 3. The van der Waals surface area contributed by atoms with Crippen molar-refractivity contribution in [2.24, 2.45) is 0 Å². The molecule has 4 rings (SSSR count). The third-order valence-electron chi connectivity index (χ3n) is 6.16. The first kappa shape index (κ1) is 24.3. The van der Waals surface area contributed by atoms with E-state index in [-0.39, 0.29) is 12.1 Å². The predicted molar refractivity (Wildman–Crippen MR) is 138 cm³/mol. The molecule has 34 heavy (non-hydrogen) atoms. The zero-order valence-electron chi connectivity index (χ0n) is 19.8. The van der Waals surface area contributed by atoms with Crippen molar-refractivity contribution >= 4 is 23.3 Å². The van der Waals surface area contributed by atoms with Gasteiger partial charge >= 0.3 is 6.03 Å². The minimum atomic E-state index is -0.0780. The van der Waals surface area contributed by atoms with E-state index in [9.17, 15) is 4.79 Å². The molecular weight excluding hydrogens is 446 g/mol. The van der Waals surface area contributed by atoms with Gasteiger partial charge in [-0.1, -0.05) is 71.3 Å². The standard InChI is InChI=1S/C28H32ClN3O2/c1-21-6-12-26(13-7-21)30-28(33)32-16-14-31(15-17-32)19-27(24-8-10-25(29)11-9-24)34-20-23-5-3-4-22(2)18-23/h3-13,18,27H,14-17,19-20H2,1-2H3,(H,30,33)/t27-/m0/s1. The fourth-order valence-corrected chi connectivity index (χ4v) is 4.26. The summed E-state index contributed by atoms with van der Waals surface area (Å²) in [6, 6.07) is 24.1. The number of anilines is 1. The van der Waals surface area contributed by atoms with Crippen molar-refractivity contribution in [1.29, 1.82) is 0 Å². The number of amides is 2. The second-order valence-corrected chi connectivity index (χ2v) is 9.36. The molecular formula is C28H32ClN3O2. The molecule has 1 aliphatic rings. The number of carbonyl (C=O) groups is 1. The van der Waals surface area contributed by atoms with E-state index in [1.807, 2.05) is 60.4 Å². The van der Waals surface area contributed by atoms with Crippen molar-refractivity contribution in [1.82, 2.24) is 9.80 Å². The third-order valence-corrected chi connectivity index (χ3v) is 6.41. The number of ether oxygens (including phenoxy) is 1. The smallest absolute Gasteiger partial charge is 0.321 e. The zero-order chi connectivity index (χ0) is 23.9. The lowest BCUT2D eigenvalue weighted by atomic mass is 10.1. The second-order valence-electron chi connectivity index (χ2n) is 8.92. The molecule has 3 aromatic carbocycles. The summed E-state index contributed by atoms with van der Waals surface area (Å²) >= 11 is 6.12. The Balaban J connectivity index is 1.34. The van der Waals surface area contributed by atoms with Crippen molar-refractivity contribution in [3.05, 3.63) is 100 Å². The highest BCUT2D eigenvalue weighted by Crippen LogP contribution is 2.24. The van der Waals surface area contributed by atoms with E-state index in [4.69, 9.17) is 16.3 Å². The molecule has 6 heteroatoms. The van der Waals surface area contributed by atoms with Crippen LogP contribution in [0.5, 0.6) is 0 Å². The number of aryl methyl sites for hydroxylation is 2. The van der Waals surface area contributed by atoms with Gasteiger partial charge in [-0.3, -0.25) is 4.90 Å². The number of rotatable bonds is 7. The number of hydrogen-bond acceptors (Lipinski definition) is 3. The Hall–Kier alpha value is -2.86. The molecule has 0 saturated carbocycles.